The summed E-state index contributed by atoms with van der Waals surface area (Å²) in [5, 5.41) is 16.8. The molecule has 2 unspecified atom stereocenters. The molecule has 2 saturated heterocycles. The lowest BCUT2D eigenvalue weighted by Crippen LogP contribution is -2.60. The standard InChI is InChI=1S/C50H82N6O10/c1-14-32(6)44(38(65-12)29-41(59)55-27-21-24-37(55)46(66-13)34(8)47(61)51-35(9)45(60)36-22-17-15-18-23-36)54(11)50(64)42(30(2)3)52-48(62)43(31(4)5)53(10)39(57)25-19-16-20-26-56-40(58)28-33(7)49(56)63/h15,17-18,22-23,30-35,37-38,42-46,60H,14,16,19-21,24-29H2,1-13H3,(H,51,61)(H,52,62)/t32-,33?,34+,35+,37-,38+,42-,43-,44?,45+,46+/m0/s1. The molecule has 16 nitrogen and oxygen atoms in total. The number of nitrogens with zero attached hydrogens (tertiary/aromatic N) is 4. The lowest BCUT2D eigenvalue weighted by molar-refractivity contribution is -0.148. The molecule has 2 fully saturated rings. The van der Waals surface area contributed by atoms with Crippen molar-refractivity contribution < 1.29 is 48.1 Å². The average molecular weight is 927 g/mol. The minimum atomic E-state index is -0.944. The number of nitrogens with one attached hydrogen (secondary N) is 2. The van der Waals surface area contributed by atoms with Crippen LogP contribution < -0.4 is 10.6 Å². The number of likely N-dealkylation sites (N-methyl/N-ethyl adjacent to an activating group) is 2. The fraction of sp³-hybridized carbons (Fsp3) is 0.740. The average Bonchev–Trinajstić information content (AvgIpc) is 3.86. The highest BCUT2D eigenvalue weighted by atomic mass is 16.5. The Morgan fingerprint density at radius 3 is 2.06 bits per heavy atom. The number of ether oxygens (including phenoxy) is 2. The molecule has 1 aromatic rings. The Kier molecular flexibility index (Phi) is 22.2. The predicted octanol–water partition coefficient (Wildman–Crippen LogP) is 4.72. The number of carbonyl (C=O) groups excluding carboxylic acids is 7. The third kappa shape index (κ3) is 14.3. The van der Waals surface area contributed by atoms with E-state index in [1.165, 1.54) is 24.0 Å². The Labute approximate surface area is 394 Å². The van der Waals surface area contributed by atoms with Crippen LogP contribution in [-0.2, 0) is 43.0 Å². The molecule has 372 valence electrons. The van der Waals surface area contributed by atoms with Crippen molar-refractivity contribution in [2.45, 2.75) is 169 Å². The van der Waals surface area contributed by atoms with Crippen LogP contribution in [0.15, 0.2) is 30.3 Å². The number of unbranched alkanes of at least 4 members (excludes halogenated alkanes) is 2. The zero-order valence-electron chi connectivity index (χ0n) is 42.1. The first-order valence-electron chi connectivity index (χ1n) is 24.2. The van der Waals surface area contributed by atoms with Crippen molar-refractivity contribution in [2.75, 3.05) is 41.4 Å². The van der Waals surface area contributed by atoms with Crippen LogP contribution in [0.1, 0.15) is 132 Å². The van der Waals surface area contributed by atoms with Crippen molar-refractivity contribution in [3.05, 3.63) is 35.9 Å². The number of rotatable bonds is 26. The van der Waals surface area contributed by atoms with E-state index >= 15 is 0 Å². The lowest BCUT2D eigenvalue weighted by Gasteiger charge is -2.41. The van der Waals surface area contributed by atoms with E-state index in [-0.39, 0.29) is 78.4 Å². The molecule has 11 atom stereocenters. The first-order valence-corrected chi connectivity index (χ1v) is 24.2. The van der Waals surface area contributed by atoms with Crippen LogP contribution in [-0.4, -0.2) is 150 Å². The maximum absolute atomic E-state index is 14.6. The van der Waals surface area contributed by atoms with E-state index in [0.29, 0.717) is 50.8 Å². The van der Waals surface area contributed by atoms with Crippen LogP contribution in [0, 0.1) is 29.6 Å². The molecule has 0 aliphatic carbocycles. The molecule has 66 heavy (non-hydrogen) atoms. The fourth-order valence-electron chi connectivity index (χ4n) is 9.71. The molecular formula is C50H82N6O10. The zero-order chi connectivity index (χ0) is 49.6. The molecule has 0 spiro atoms. The molecule has 0 radical (unpaired) electrons. The number of aliphatic hydroxyl groups is 1. The monoisotopic (exact) mass is 927 g/mol. The summed E-state index contributed by atoms with van der Waals surface area (Å²) in [4.78, 5) is 101. The summed E-state index contributed by atoms with van der Waals surface area (Å²) in [6, 6.07) is 5.82. The summed E-state index contributed by atoms with van der Waals surface area (Å²) in [5.41, 5.74) is 0.690. The van der Waals surface area contributed by atoms with E-state index in [1.807, 2.05) is 59.7 Å². The van der Waals surface area contributed by atoms with E-state index in [4.69, 9.17) is 9.47 Å². The van der Waals surface area contributed by atoms with Crippen molar-refractivity contribution in [1.29, 1.82) is 0 Å². The molecule has 2 aliphatic rings. The highest BCUT2D eigenvalue weighted by Crippen LogP contribution is 2.30. The normalized spacial score (nSPS) is 20.6. The van der Waals surface area contributed by atoms with Crippen LogP contribution in [0.5, 0.6) is 0 Å². The summed E-state index contributed by atoms with van der Waals surface area (Å²) < 4.78 is 12.0. The third-order valence-corrected chi connectivity index (χ3v) is 13.9. The number of carbonyl (C=O) groups is 7. The SMILES string of the molecule is CC[C@H](C)C([C@@H](CC(=O)N1CCC[C@H]1[C@H](OC)[C@@H](C)C(=O)N[C@H](C)[C@@H](O)c1ccccc1)OC)N(C)C(=O)[C@@H](NC(=O)[C@H](C(C)C)N(C)C(=O)CCCCCN1C(=O)CC(C)C1=O)C(C)C. The van der Waals surface area contributed by atoms with E-state index < -0.39 is 60.3 Å². The molecule has 2 heterocycles. The van der Waals surface area contributed by atoms with Gasteiger partial charge in [-0.25, -0.2) is 0 Å². The maximum atomic E-state index is 14.6. The molecular weight excluding hydrogens is 845 g/mol. The topological polar surface area (TPSA) is 195 Å². The van der Waals surface area contributed by atoms with Gasteiger partial charge in [0.15, 0.2) is 0 Å². The van der Waals surface area contributed by atoms with E-state index in [0.717, 1.165) is 6.42 Å². The minimum Gasteiger partial charge on any atom is -0.386 e. The van der Waals surface area contributed by atoms with Gasteiger partial charge in [0.1, 0.15) is 12.1 Å². The summed E-state index contributed by atoms with van der Waals surface area (Å²) in [5.74, 6) is -3.45. The van der Waals surface area contributed by atoms with Crippen molar-refractivity contribution in [3.63, 3.8) is 0 Å². The molecule has 0 bridgehead atoms. The molecule has 2 aliphatic heterocycles. The van der Waals surface area contributed by atoms with E-state index in [1.54, 1.807) is 56.8 Å². The number of hydrogen-bond acceptors (Lipinski definition) is 10. The largest absolute Gasteiger partial charge is 0.386 e. The van der Waals surface area contributed by atoms with Gasteiger partial charge >= 0.3 is 0 Å². The quantitative estimate of drug-likeness (QED) is 0.0865. The molecule has 1 aromatic carbocycles. The van der Waals surface area contributed by atoms with Crippen LogP contribution >= 0.6 is 0 Å². The molecule has 16 heteroatoms. The predicted molar refractivity (Wildman–Crippen MR) is 252 cm³/mol. The molecule has 3 rings (SSSR count). The first kappa shape index (κ1) is 55.9. The highest BCUT2D eigenvalue weighted by molar-refractivity contribution is 6.03. The third-order valence-electron chi connectivity index (χ3n) is 13.9. The Hall–Kier alpha value is -4.41. The van der Waals surface area contributed by atoms with Gasteiger partial charge in [-0.2, -0.15) is 0 Å². The fourth-order valence-corrected chi connectivity index (χ4v) is 9.71. The van der Waals surface area contributed by atoms with Gasteiger partial charge in [-0.05, 0) is 55.9 Å². The number of imide groups is 1. The molecule has 0 aromatic heterocycles. The van der Waals surface area contributed by atoms with E-state index in [9.17, 15) is 38.7 Å². The second-order valence-corrected chi connectivity index (χ2v) is 19.5. The van der Waals surface area contributed by atoms with Gasteiger partial charge in [0.05, 0.1) is 48.8 Å². The van der Waals surface area contributed by atoms with Gasteiger partial charge in [-0.3, -0.25) is 38.5 Å². The zero-order valence-corrected chi connectivity index (χ0v) is 42.1. The van der Waals surface area contributed by atoms with E-state index in [2.05, 4.69) is 10.6 Å². The second kappa shape index (κ2) is 26.2. The number of hydrogen-bond donors (Lipinski definition) is 3. The molecule has 7 amide bonds. The minimum absolute atomic E-state index is 0.0360. The number of methoxy groups -OCH3 is 2. The van der Waals surface area contributed by atoms with Crippen LogP contribution in [0.4, 0.5) is 0 Å². The Morgan fingerprint density at radius 1 is 0.864 bits per heavy atom. The number of likely N-dealkylation sites (tertiary alicyclic amines) is 2. The summed E-state index contributed by atoms with van der Waals surface area (Å²) in [6.07, 6.45) is 1.93. The Bertz CT molecular complexity index is 1780. The van der Waals surface area contributed by atoms with Gasteiger partial charge in [-0.1, -0.05) is 98.6 Å². The van der Waals surface area contributed by atoms with Gasteiger partial charge in [0.2, 0.25) is 41.4 Å². The van der Waals surface area contributed by atoms with Crippen LogP contribution in [0.2, 0.25) is 0 Å². The molecule has 0 saturated carbocycles. The van der Waals surface area contributed by atoms with Crippen molar-refractivity contribution >= 4 is 41.4 Å². The van der Waals surface area contributed by atoms with Gasteiger partial charge in [0.25, 0.3) is 0 Å². The molecule has 3 N–H and O–H groups in total. The smallest absolute Gasteiger partial charge is 0.245 e. The summed E-state index contributed by atoms with van der Waals surface area (Å²) in [6.45, 7) is 17.5. The van der Waals surface area contributed by atoms with Crippen molar-refractivity contribution in [1.82, 2.24) is 30.2 Å². The van der Waals surface area contributed by atoms with Crippen molar-refractivity contribution in [2.24, 2.45) is 29.6 Å². The first-order chi connectivity index (χ1) is 31.1. The van der Waals surface area contributed by atoms with Crippen LogP contribution in [0.25, 0.3) is 0 Å². The number of benzene rings is 1. The second-order valence-electron chi connectivity index (χ2n) is 19.5. The van der Waals surface area contributed by atoms with Gasteiger partial charge < -0.3 is 39.9 Å². The Balaban J connectivity index is 1.70. The van der Waals surface area contributed by atoms with Gasteiger partial charge in [0, 0.05) is 60.2 Å². The number of aliphatic hydroxyl groups excluding tert-OH is 1. The number of amides is 7. The van der Waals surface area contributed by atoms with Crippen molar-refractivity contribution in [3.8, 4) is 0 Å². The highest BCUT2D eigenvalue weighted by Gasteiger charge is 2.44. The summed E-state index contributed by atoms with van der Waals surface area (Å²) >= 11 is 0. The van der Waals surface area contributed by atoms with Crippen LogP contribution in [0.3, 0.4) is 0 Å². The van der Waals surface area contributed by atoms with Gasteiger partial charge in [-0.15, -0.1) is 0 Å². The Morgan fingerprint density at radius 2 is 1.52 bits per heavy atom. The maximum Gasteiger partial charge on any atom is 0.245 e. The summed E-state index contributed by atoms with van der Waals surface area (Å²) in [7, 11) is 6.34. The lowest BCUT2D eigenvalue weighted by atomic mass is 9.89.